The van der Waals surface area contributed by atoms with Gasteiger partial charge in [-0.3, -0.25) is 4.79 Å². The molecule has 5 heteroatoms. The molecule has 1 aliphatic heterocycles. The molecule has 28 heavy (non-hydrogen) atoms. The molecular weight excluding hydrogens is 355 g/mol. The van der Waals surface area contributed by atoms with E-state index in [1.54, 1.807) is 18.4 Å². The van der Waals surface area contributed by atoms with E-state index in [4.69, 9.17) is 4.42 Å². The smallest absolute Gasteiger partial charge is 0.290 e. The maximum atomic E-state index is 14.5. The van der Waals surface area contributed by atoms with E-state index in [1.807, 2.05) is 31.0 Å². The Morgan fingerprint density at radius 3 is 2.89 bits per heavy atom. The third-order valence-corrected chi connectivity index (χ3v) is 5.83. The van der Waals surface area contributed by atoms with Crippen molar-refractivity contribution in [2.24, 2.45) is 5.92 Å². The average molecular weight is 380 g/mol. The zero-order valence-electron chi connectivity index (χ0n) is 16.5. The molecule has 1 N–H and O–H groups in total. The van der Waals surface area contributed by atoms with Crippen molar-refractivity contribution >= 4 is 5.91 Å². The highest BCUT2D eigenvalue weighted by Gasteiger charge is 2.37. The lowest BCUT2D eigenvalue weighted by Gasteiger charge is -2.38. The van der Waals surface area contributed by atoms with Gasteiger partial charge in [0.2, 0.25) is 0 Å². The second kappa shape index (κ2) is 7.30. The van der Waals surface area contributed by atoms with Crippen molar-refractivity contribution in [3.8, 4) is 0 Å². The Morgan fingerprint density at radius 1 is 1.36 bits per heavy atom. The van der Waals surface area contributed by atoms with Gasteiger partial charge in [0.1, 0.15) is 5.83 Å². The first kappa shape index (κ1) is 18.5. The standard InChI is InChI=1S/C23H25FN2O2/c1-14-8-10-26(23(27)22-15(2)9-11-28-22)21(20(14)25-3)17-12-16-6-4-5-7-19(24)18(16)13-17/h4-5,7,9,11-13,16,21,25H,6,8,10H2,1-3H3/t16?,21-/m0/s1. The molecule has 3 aliphatic rings. The summed E-state index contributed by atoms with van der Waals surface area (Å²) >= 11 is 0. The van der Waals surface area contributed by atoms with Crippen molar-refractivity contribution in [2.75, 3.05) is 13.6 Å². The highest BCUT2D eigenvalue weighted by molar-refractivity contribution is 5.94. The molecule has 0 saturated heterocycles. The largest absolute Gasteiger partial charge is 0.459 e. The van der Waals surface area contributed by atoms with Crippen molar-refractivity contribution in [2.45, 2.75) is 32.7 Å². The average Bonchev–Trinajstić information content (AvgIpc) is 3.26. The monoisotopic (exact) mass is 380 g/mol. The molecule has 1 amide bonds. The van der Waals surface area contributed by atoms with Gasteiger partial charge in [-0.15, -0.1) is 0 Å². The molecule has 2 heterocycles. The van der Waals surface area contributed by atoms with E-state index < -0.39 is 0 Å². The Balaban J connectivity index is 1.76. The third kappa shape index (κ3) is 3.05. The second-order valence-electron chi connectivity index (χ2n) is 7.58. The SMILES string of the molecule is CNC1=C(C)CCN(C(=O)c2occc2C)[C@H]1C1=CC2CC=CC=C(F)C2=C1. The van der Waals surface area contributed by atoms with Crippen LogP contribution in [0.5, 0.6) is 0 Å². The summed E-state index contributed by atoms with van der Waals surface area (Å²) in [6.07, 6.45) is 12.4. The van der Waals surface area contributed by atoms with Crippen LogP contribution in [0.3, 0.4) is 0 Å². The van der Waals surface area contributed by atoms with Crippen molar-refractivity contribution < 1.29 is 13.6 Å². The van der Waals surface area contributed by atoms with Crippen LogP contribution in [0.4, 0.5) is 4.39 Å². The summed E-state index contributed by atoms with van der Waals surface area (Å²) in [6.45, 7) is 4.56. The molecule has 1 aromatic heterocycles. The fourth-order valence-electron chi connectivity index (χ4n) is 4.32. The molecule has 0 fully saturated rings. The number of allylic oxidation sites excluding steroid dienone is 6. The van der Waals surface area contributed by atoms with Crippen LogP contribution in [0, 0.1) is 12.8 Å². The Bertz CT molecular complexity index is 961. The maximum Gasteiger partial charge on any atom is 0.290 e. The molecule has 4 nitrogen and oxygen atoms in total. The highest BCUT2D eigenvalue weighted by atomic mass is 19.1. The van der Waals surface area contributed by atoms with Gasteiger partial charge in [-0.25, -0.2) is 4.39 Å². The molecule has 2 aliphatic carbocycles. The third-order valence-electron chi connectivity index (χ3n) is 5.83. The Labute approximate surface area is 164 Å². The van der Waals surface area contributed by atoms with E-state index in [1.165, 1.54) is 11.6 Å². The molecule has 0 aromatic carbocycles. The van der Waals surface area contributed by atoms with Crippen LogP contribution in [0.1, 0.15) is 35.9 Å². The van der Waals surface area contributed by atoms with E-state index in [0.717, 1.165) is 29.7 Å². The first-order valence-electron chi connectivity index (χ1n) is 9.69. The summed E-state index contributed by atoms with van der Waals surface area (Å²) in [5.41, 5.74) is 4.70. The Morgan fingerprint density at radius 2 is 2.18 bits per heavy atom. The second-order valence-corrected chi connectivity index (χ2v) is 7.58. The molecule has 146 valence electrons. The Kier molecular flexibility index (Phi) is 4.84. The number of rotatable bonds is 3. The number of carbonyl (C=O) groups excluding carboxylic acids is 1. The normalized spacial score (nSPS) is 24.4. The number of nitrogens with zero attached hydrogens (tertiary/aromatic N) is 1. The van der Waals surface area contributed by atoms with E-state index in [9.17, 15) is 9.18 Å². The summed E-state index contributed by atoms with van der Waals surface area (Å²) < 4.78 is 20.0. The number of furan rings is 1. The molecular formula is C23H25FN2O2. The number of carbonyl (C=O) groups is 1. The number of likely N-dealkylation sites (N-methyl/N-ethyl adjacent to an activating group) is 1. The predicted molar refractivity (Wildman–Crippen MR) is 107 cm³/mol. The number of hydrogen-bond donors (Lipinski definition) is 1. The van der Waals surface area contributed by atoms with Crippen LogP contribution in [0.2, 0.25) is 0 Å². The van der Waals surface area contributed by atoms with Crippen LogP contribution in [-0.4, -0.2) is 30.4 Å². The molecule has 0 spiro atoms. The first-order valence-corrected chi connectivity index (χ1v) is 9.69. The van der Waals surface area contributed by atoms with Gasteiger partial charge in [-0.2, -0.15) is 0 Å². The van der Waals surface area contributed by atoms with Gasteiger partial charge in [-0.05, 0) is 50.0 Å². The van der Waals surface area contributed by atoms with Crippen LogP contribution in [-0.2, 0) is 0 Å². The summed E-state index contributed by atoms with van der Waals surface area (Å²) in [7, 11) is 1.88. The van der Waals surface area contributed by atoms with Crippen molar-refractivity contribution in [1.29, 1.82) is 0 Å². The topological polar surface area (TPSA) is 45.5 Å². The number of halogens is 1. The van der Waals surface area contributed by atoms with Crippen LogP contribution in [0.25, 0.3) is 0 Å². The number of fused-ring (bicyclic) bond motifs is 1. The van der Waals surface area contributed by atoms with E-state index >= 15 is 0 Å². The van der Waals surface area contributed by atoms with Gasteiger partial charge >= 0.3 is 0 Å². The van der Waals surface area contributed by atoms with Crippen molar-refractivity contribution in [3.63, 3.8) is 0 Å². The van der Waals surface area contributed by atoms with Gasteiger partial charge in [0, 0.05) is 30.8 Å². The van der Waals surface area contributed by atoms with Crippen molar-refractivity contribution in [3.05, 3.63) is 82.3 Å². The highest BCUT2D eigenvalue weighted by Crippen LogP contribution is 2.39. The molecule has 2 atom stereocenters. The minimum atomic E-state index is -0.271. The quantitative estimate of drug-likeness (QED) is 0.834. The zero-order valence-corrected chi connectivity index (χ0v) is 16.5. The summed E-state index contributed by atoms with van der Waals surface area (Å²) in [6, 6.07) is 1.53. The van der Waals surface area contributed by atoms with Crippen LogP contribution < -0.4 is 5.32 Å². The first-order chi connectivity index (χ1) is 13.5. The lowest BCUT2D eigenvalue weighted by Crippen LogP contribution is -2.48. The minimum absolute atomic E-state index is 0.00707. The lowest BCUT2D eigenvalue weighted by atomic mass is 9.92. The van der Waals surface area contributed by atoms with E-state index in [-0.39, 0.29) is 23.7 Å². The number of hydrogen-bond acceptors (Lipinski definition) is 3. The fraction of sp³-hybridized carbons (Fsp3) is 0.348. The van der Waals surface area contributed by atoms with E-state index in [2.05, 4.69) is 18.3 Å². The Hall–Kier alpha value is -2.82. The molecule has 0 radical (unpaired) electrons. The molecule has 1 aromatic rings. The van der Waals surface area contributed by atoms with Crippen LogP contribution in [0.15, 0.2) is 75.4 Å². The molecule has 4 rings (SSSR count). The van der Waals surface area contributed by atoms with E-state index in [0.29, 0.717) is 17.9 Å². The van der Waals surface area contributed by atoms with Gasteiger partial charge in [0.25, 0.3) is 5.91 Å². The van der Waals surface area contributed by atoms with Crippen molar-refractivity contribution in [1.82, 2.24) is 10.2 Å². The zero-order chi connectivity index (χ0) is 19.8. The minimum Gasteiger partial charge on any atom is -0.459 e. The maximum absolute atomic E-state index is 14.5. The van der Waals surface area contributed by atoms with Gasteiger partial charge in [0.15, 0.2) is 5.76 Å². The fourth-order valence-corrected chi connectivity index (χ4v) is 4.32. The van der Waals surface area contributed by atoms with Gasteiger partial charge in [-0.1, -0.05) is 29.9 Å². The predicted octanol–water partition coefficient (Wildman–Crippen LogP) is 4.59. The van der Waals surface area contributed by atoms with Gasteiger partial charge < -0.3 is 14.6 Å². The summed E-state index contributed by atoms with van der Waals surface area (Å²) in [4.78, 5) is 15.1. The number of amides is 1. The number of aryl methyl sites for hydroxylation is 1. The number of nitrogens with one attached hydrogen (secondary N) is 1. The lowest BCUT2D eigenvalue weighted by molar-refractivity contribution is 0.0681. The molecule has 0 saturated carbocycles. The summed E-state index contributed by atoms with van der Waals surface area (Å²) in [5.74, 6) is 0.0458. The van der Waals surface area contributed by atoms with Gasteiger partial charge in [0.05, 0.1) is 12.3 Å². The molecule has 0 bridgehead atoms. The van der Waals surface area contributed by atoms with Crippen LogP contribution >= 0.6 is 0 Å². The molecule has 1 unspecified atom stereocenters. The summed E-state index contributed by atoms with van der Waals surface area (Å²) in [5, 5.41) is 3.29.